The van der Waals surface area contributed by atoms with Gasteiger partial charge in [-0.2, -0.15) is 5.10 Å². The Kier molecular flexibility index (Phi) is 3.88. The van der Waals surface area contributed by atoms with Gasteiger partial charge in [0.1, 0.15) is 0 Å². The first-order valence-electron chi connectivity index (χ1n) is 7.09. The maximum atomic E-state index is 12.3. The predicted molar refractivity (Wildman–Crippen MR) is 81.8 cm³/mol. The number of nitrogens with zero attached hydrogens (tertiary/aromatic N) is 1. The number of anilines is 1. The molecule has 0 fully saturated rings. The van der Waals surface area contributed by atoms with Crippen molar-refractivity contribution >= 4 is 17.5 Å². The van der Waals surface area contributed by atoms with Gasteiger partial charge in [-0.1, -0.05) is 0 Å². The van der Waals surface area contributed by atoms with Gasteiger partial charge in [-0.25, -0.2) is 0 Å². The monoisotopic (exact) mass is 299 g/mol. The fraction of sp³-hybridized carbons (Fsp3) is 0.267. The Labute approximate surface area is 127 Å². The largest absolute Gasteiger partial charge is 0.355 e. The molecule has 3 rings (SSSR count). The highest BCUT2D eigenvalue weighted by Gasteiger charge is 2.21. The Bertz CT molecular complexity index is 705. The summed E-state index contributed by atoms with van der Waals surface area (Å²) in [4.78, 5) is 23.8. The number of benzene rings is 1. The van der Waals surface area contributed by atoms with Gasteiger partial charge < -0.3 is 16.0 Å². The van der Waals surface area contributed by atoms with Crippen LogP contribution >= 0.6 is 0 Å². The third kappa shape index (κ3) is 2.71. The minimum Gasteiger partial charge on any atom is -0.355 e. The molecular weight excluding hydrogens is 282 g/mol. The molecule has 7 nitrogen and oxygen atoms in total. The van der Waals surface area contributed by atoms with Gasteiger partial charge in [0.05, 0.1) is 0 Å². The first kappa shape index (κ1) is 14.3. The molecule has 1 aliphatic rings. The zero-order valence-electron chi connectivity index (χ0n) is 12.2. The normalized spacial score (nSPS) is 13.3. The second kappa shape index (κ2) is 5.98. The summed E-state index contributed by atoms with van der Waals surface area (Å²) in [7, 11) is 1.58. The number of H-pyrrole nitrogens is 1. The minimum absolute atomic E-state index is 0.162. The predicted octanol–water partition coefficient (Wildman–Crippen LogP) is 0.667. The molecule has 22 heavy (non-hydrogen) atoms. The summed E-state index contributed by atoms with van der Waals surface area (Å²) < 4.78 is 0. The zero-order chi connectivity index (χ0) is 15.5. The molecule has 114 valence electrons. The molecule has 2 aromatic rings. The summed E-state index contributed by atoms with van der Waals surface area (Å²) in [6, 6.07) is 6.71. The van der Waals surface area contributed by atoms with E-state index in [0.29, 0.717) is 23.5 Å². The van der Waals surface area contributed by atoms with Crippen LogP contribution in [0.1, 0.15) is 32.1 Å². The SMILES string of the molecule is CNC(=O)c1ccc(NC(=O)c2n[nH]c3c2CNCC3)cc1. The number of fused-ring (bicyclic) bond motifs is 1. The molecule has 1 aromatic heterocycles. The number of hydrogen-bond donors (Lipinski definition) is 4. The lowest BCUT2D eigenvalue weighted by molar-refractivity contribution is 0.0962. The van der Waals surface area contributed by atoms with Crippen LogP contribution in [0, 0.1) is 0 Å². The fourth-order valence-corrected chi connectivity index (χ4v) is 2.45. The molecule has 0 unspecified atom stereocenters. The van der Waals surface area contributed by atoms with Gasteiger partial charge in [0, 0.05) is 49.1 Å². The van der Waals surface area contributed by atoms with Gasteiger partial charge in [0.15, 0.2) is 5.69 Å². The highest BCUT2D eigenvalue weighted by atomic mass is 16.2. The molecule has 0 saturated heterocycles. The Balaban J connectivity index is 1.74. The van der Waals surface area contributed by atoms with Crippen LogP contribution in [0.3, 0.4) is 0 Å². The number of aromatic nitrogens is 2. The van der Waals surface area contributed by atoms with E-state index in [2.05, 4.69) is 26.1 Å². The van der Waals surface area contributed by atoms with Gasteiger partial charge in [-0.15, -0.1) is 0 Å². The van der Waals surface area contributed by atoms with Crippen LogP contribution in [-0.2, 0) is 13.0 Å². The van der Waals surface area contributed by atoms with Gasteiger partial charge in [-0.3, -0.25) is 14.7 Å². The van der Waals surface area contributed by atoms with Crippen molar-refractivity contribution in [1.82, 2.24) is 20.8 Å². The average Bonchev–Trinajstić information content (AvgIpc) is 2.99. The maximum Gasteiger partial charge on any atom is 0.276 e. The number of rotatable bonds is 3. The zero-order valence-corrected chi connectivity index (χ0v) is 12.2. The standard InChI is InChI=1S/C15H17N5O2/c1-16-14(21)9-2-4-10(5-3-9)18-15(22)13-11-8-17-7-6-12(11)19-20-13/h2-5,17H,6-8H2,1H3,(H,16,21)(H,18,22)(H,19,20). The first-order valence-corrected chi connectivity index (χ1v) is 7.09. The Morgan fingerprint density at radius 2 is 1.95 bits per heavy atom. The van der Waals surface area contributed by atoms with Gasteiger partial charge in [-0.05, 0) is 24.3 Å². The quantitative estimate of drug-likeness (QED) is 0.669. The van der Waals surface area contributed by atoms with Crippen molar-refractivity contribution in [2.45, 2.75) is 13.0 Å². The Morgan fingerprint density at radius 3 is 2.68 bits per heavy atom. The number of carbonyl (C=O) groups is 2. The van der Waals surface area contributed by atoms with Crippen molar-refractivity contribution in [3.05, 3.63) is 46.8 Å². The number of aromatic amines is 1. The molecule has 7 heteroatoms. The highest BCUT2D eigenvalue weighted by Crippen LogP contribution is 2.17. The second-order valence-electron chi connectivity index (χ2n) is 5.07. The number of amides is 2. The van der Waals surface area contributed by atoms with Gasteiger partial charge in [0.2, 0.25) is 0 Å². The van der Waals surface area contributed by atoms with Crippen molar-refractivity contribution in [2.75, 3.05) is 18.9 Å². The third-order valence-corrected chi connectivity index (χ3v) is 3.65. The van der Waals surface area contributed by atoms with Crippen molar-refractivity contribution in [1.29, 1.82) is 0 Å². The van der Waals surface area contributed by atoms with Gasteiger partial charge >= 0.3 is 0 Å². The van der Waals surface area contributed by atoms with E-state index in [-0.39, 0.29) is 11.8 Å². The molecule has 4 N–H and O–H groups in total. The lowest BCUT2D eigenvalue weighted by atomic mass is 10.1. The number of nitrogens with one attached hydrogen (secondary N) is 4. The minimum atomic E-state index is -0.256. The van der Waals surface area contributed by atoms with Crippen molar-refractivity contribution in [2.24, 2.45) is 0 Å². The summed E-state index contributed by atoms with van der Waals surface area (Å²) in [5, 5.41) is 15.6. The van der Waals surface area contributed by atoms with E-state index in [4.69, 9.17) is 0 Å². The molecule has 1 aliphatic heterocycles. The molecule has 2 heterocycles. The van der Waals surface area contributed by atoms with Gasteiger partial charge in [0.25, 0.3) is 11.8 Å². The van der Waals surface area contributed by atoms with Crippen LogP contribution < -0.4 is 16.0 Å². The third-order valence-electron chi connectivity index (χ3n) is 3.65. The van der Waals surface area contributed by atoms with E-state index in [1.54, 1.807) is 31.3 Å². The highest BCUT2D eigenvalue weighted by molar-refractivity contribution is 6.04. The Morgan fingerprint density at radius 1 is 1.18 bits per heavy atom. The first-order chi connectivity index (χ1) is 10.7. The van der Waals surface area contributed by atoms with E-state index in [1.165, 1.54) is 0 Å². The summed E-state index contributed by atoms with van der Waals surface area (Å²) in [6.45, 7) is 1.53. The molecule has 1 aromatic carbocycles. The van der Waals surface area contributed by atoms with E-state index < -0.39 is 0 Å². The van der Waals surface area contributed by atoms with Crippen LogP contribution in [-0.4, -0.2) is 35.6 Å². The average molecular weight is 299 g/mol. The molecule has 2 amide bonds. The molecule has 0 spiro atoms. The molecule has 0 atom stereocenters. The van der Waals surface area contributed by atoms with Crippen molar-refractivity contribution < 1.29 is 9.59 Å². The van der Waals surface area contributed by atoms with E-state index in [9.17, 15) is 9.59 Å². The maximum absolute atomic E-state index is 12.3. The van der Waals surface area contributed by atoms with Crippen molar-refractivity contribution in [3.63, 3.8) is 0 Å². The lowest BCUT2D eigenvalue weighted by Gasteiger charge is -2.12. The molecule has 0 bridgehead atoms. The van der Waals surface area contributed by atoms with Crippen LogP contribution in [0.4, 0.5) is 5.69 Å². The number of hydrogen-bond acceptors (Lipinski definition) is 4. The molecule has 0 radical (unpaired) electrons. The molecular formula is C15H17N5O2. The Hall–Kier alpha value is -2.67. The molecule has 0 aliphatic carbocycles. The second-order valence-corrected chi connectivity index (χ2v) is 5.07. The molecule has 0 saturated carbocycles. The van der Waals surface area contributed by atoms with Crippen molar-refractivity contribution in [3.8, 4) is 0 Å². The van der Waals surface area contributed by atoms with Crippen LogP contribution in [0.2, 0.25) is 0 Å². The number of carbonyl (C=O) groups excluding carboxylic acids is 2. The topological polar surface area (TPSA) is 98.9 Å². The summed E-state index contributed by atoms with van der Waals surface area (Å²) >= 11 is 0. The van der Waals surface area contributed by atoms with E-state index >= 15 is 0 Å². The lowest BCUT2D eigenvalue weighted by Crippen LogP contribution is -2.25. The summed E-state index contributed by atoms with van der Waals surface area (Å²) in [5.74, 6) is -0.417. The van der Waals surface area contributed by atoms with Crippen LogP contribution in [0.5, 0.6) is 0 Å². The smallest absolute Gasteiger partial charge is 0.276 e. The van der Waals surface area contributed by atoms with Crippen LogP contribution in [0.15, 0.2) is 24.3 Å². The van der Waals surface area contributed by atoms with E-state index in [0.717, 1.165) is 24.2 Å². The summed E-state index contributed by atoms with van der Waals surface area (Å²) in [6.07, 6.45) is 0.844. The summed E-state index contributed by atoms with van der Waals surface area (Å²) in [5.41, 5.74) is 3.52. The fourth-order valence-electron chi connectivity index (χ4n) is 2.45. The van der Waals surface area contributed by atoms with E-state index in [1.807, 2.05) is 0 Å². The van der Waals surface area contributed by atoms with Crippen LogP contribution in [0.25, 0.3) is 0 Å².